The molecule has 0 aliphatic heterocycles. The standard InChI is InChI=1S/C25H28O3P/c1-27-25(19-17-21(26)18-20-25)28-29(22-11-5-2-6-12-22,23-13-7-3-8-14-23)24-15-9-4-10-16-24/h2-16,21,26H,17-20H2,1H3/q+1. The monoisotopic (exact) mass is 407 g/mol. The van der Waals surface area contributed by atoms with Gasteiger partial charge in [-0.3, -0.25) is 0 Å². The van der Waals surface area contributed by atoms with E-state index in [1.807, 2.05) is 18.2 Å². The second-order valence-corrected chi connectivity index (χ2v) is 10.5. The van der Waals surface area contributed by atoms with E-state index in [1.165, 1.54) is 15.9 Å². The Balaban J connectivity index is 1.93. The molecule has 3 nitrogen and oxygen atoms in total. The highest BCUT2D eigenvalue weighted by molar-refractivity contribution is 7.91. The van der Waals surface area contributed by atoms with Gasteiger partial charge in [0.15, 0.2) is 0 Å². The fraction of sp³-hybridized carbons (Fsp3) is 0.280. The van der Waals surface area contributed by atoms with Gasteiger partial charge in [-0.05, 0) is 49.2 Å². The molecule has 1 aliphatic rings. The average molecular weight is 407 g/mol. The second kappa shape index (κ2) is 8.77. The summed E-state index contributed by atoms with van der Waals surface area (Å²) in [7, 11) is -0.701. The van der Waals surface area contributed by atoms with Crippen LogP contribution in [0, 0.1) is 0 Å². The number of benzene rings is 3. The maximum absolute atomic E-state index is 10.1. The lowest BCUT2D eigenvalue weighted by Gasteiger charge is -2.40. The molecule has 0 radical (unpaired) electrons. The van der Waals surface area contributed by atoms with Crippen molar-refractivity contribution in [2.75, 3.05) is 7.11 Å². The van der Waals surface area contributed by atoms with Crippen molar-refractivity contribution >= 4 is 23.4 Å². The van der Waals surface area contributed by atoms with E-state index >= 15 is 0 Å². The van der Waals surface area contributed by atoms with Gasteiger partial charge in [0.25, 0.3) is 0 Å². The summed E-state index contributed by atoms with van der Waals surface area (Å²) in [5.74, 6) is -0.714. The normalized spacial score (nSPS) is 22.3. The summed E-state index contributed by atoms with van der Waals surface area (Å²) in [6.45, 7) is 0. The molecule has 3 aromatic rings. The fourth-order valence-electron chi connectivity index (χ4n) is 4.14. The van der Waals surface area contributed by atoms with E-state index in [-0.39, 0.29) is 6.10 Å². The summed E-state index contributed by atoms with van der Waals surface area (Å²) in [6.07, 6.45) is 2.45. The molecule has 0 heterocycles. The molecule has 0 spiro atoms. The molecule has 1 fully saturated rings. The van der Waals surface area contributed by atoms with E-state index in [1.54, 1.807) is 7.11 Å². The minimum absolute atomic E-state index is 0.278. The molecule has 1 aliphatic carbocycles. The highest BCUT2D eigenvalue weighted by Crippen LogP contribution is 2.61. The molecule has 4 rings (SSSR count). The van der Waals surface area contributed by atoms with Crippen LogP contribution in [0.25, 0.3) is 0 Å². The molecule has 0 atom stereocenters. The number of ether oxygens (including phenoxy) is 1. The Labute approximate surface area is 173 Å². The molecule has 3 aromatic carbocycles. The third-order valence-electron chi connectivity index (χ3n) is 5.75. The summed E-state index contributed by atoms with van der Waals surface area (Å²) in [5.41, 5.74) is 0. The van der Waals surface area contributed by atoms with Crippen LogP contribution in [-0.4, -0.2) is 24.1 Å². The van der Waals surface area contributed by atoms with Gasteiger partial charge in [0.1, 0.15) is 15.9 Å². The van der Waals surface area contributed by atoms with Crippen molar-refractivity contribution in [3.63, 3.8) is 0 Å². The molecular formula is C25H28O3P+. The third-order valence-corrected chi connectivity index (χ3v) is 9.43. The molecule has 1 saturated carbocycles. The van der Waals surface area contributed by atoms with E-state index in [9.17, 15) is 5.11 Å². The van der Waals surface area contributed by atoms with Crippen molar-refractivity contribution in [1.82, 2.24) is 0 Å². The minimum Gasteiger partial charge on any atom is -0.393 e. The van der Waals surface area contributed by atoms with Crippen molar-refractivity contribution in [2.45, 2.75) is 37.6 Å². The molecule has 0 saturated heterocycles. The van der Waals surface area contributed by atoms with Crippen molar-refractivity contribution < 1.29 is 14.4 Å². The van der Waals surface area contributed by atoms with E-state index in [2.05, 4.69) is 72.8 Å². The van der Waals surface area contributed by atoms with Gasteiger partial charge in [-0.2, -0.15) is 4.52 Å². The first kappa shape index (κ1) is 20.3. The van der Waals surface area contributed by atoms with Crippen LogP contribution in [0.4, 0.5) is 0 Å². The first-order chi connectivity index (χ1) is 14.2. The Morgan fingerprint density at radius 3 is 1.45 bits per heavy atom. The second-order valence-electron chi connectivity index (χ2n) is 7.55. The Bertz CT molecular complexity index is 794. The largest absolute Gasteiger partial charge is 0.393 e. The van der Waals surface area contributed by atoms with Gasteiger partial charge in [0.05, 0.1) is 6.10 Å². The van der Waals surface area contributed by atoms with Gasteiger partial charge in [0.2, 0.25) is 13.3 Å². The quantitative estimate of drug-likeness (QED) is 0.492. The summed E-state index contributed by atoms with van der Waals surface area (Å²) in [6, 6.07) is 31.5. The van der Waals surface area contributed by atoms with E-state index in [4.69, 9.17) is 9.26 Å². The molecule has 29 heavy (non-hydrogen) atoms. The molecule has 0 bridgehead atoms. The zero-order valence-corrected chi connectivity index (χ0v) is 17.7. The van der Waals surface area contributed by atoms with Crippen molar-refractivity contribution in [1.29, 1.82) is 0 Å². The lowest BCUT2D eigenvalue weighted by atomic mass is 9.92. The molecule has 4 heteroatoms. The Morgan fingerprint density at radius 1 is 0.724 bits per heavy atom. The highest BCUT2D eigenvalue weighted by atomic mass is 31.2. The fourth-order valence-corrected chi connectivity index (χ4v) is 7.89. The summed E-state index contributed by atoms with van der Waals surface area (Å²) >= 11 is 0. The predicted octanol–water partition coefficient (Wildman–Crippen LogP) is 4.19. The molecule has 0 amide bonds. The number of methoxy groups -OCH3 is 1. The van der Waals surface area contributed by atoms with Crippen molar-refractivity contribution in [3.8, 4) is 0 Å². The van der Waals surface area contributed by atoms with Gasteiger partial charge in [0, 0.05) is 20.0 Å². The van der Waals surface area contributed by atoms with E-state index < -0.39 is 13.3 Å². The maximum atomic E-state index is 10.1. The first-order valence-corrected chi connectivity index (χ1v) is 11.9. The lowest BCUT2D eigenvalue weighted by molar-refractivity contribution is -0.189. The highest BCUT2D eigenvalue weighted by Gasteiger charge is 2.55. The first-order valence-electron chi connectivity index (χ1n) is 10.2. The van der Waals surface area contributed by atoms with Gasteiger partial charge < -0.3 is 9.84 Å². The minimum atomic E-state index is -2.43. The van der Waals surface area contributed by atoms with Crippen molar-refractivity contribution in [2.24, 2.45) is 0 Å². The zero-order valence-electron chi connectivity index (χ0n) is 16.8. The molecule has 1 N–H and O–H groups in total. The molecule has 0 unspecified atom stereocenters. The smallest absolute Gasteiger partial charge is 0.246 e. The summed E-state index contributed by atoms with van der Waals surface area (Å²) < 4.78 is 13.2. The van der Waals surface area contributed by atoms with E-state index in [0.717, 1.165) is 0 Å². The lowest BCUT2D eigenvalue weighted by Crippen LogP contribution is -2.45. The Kier molecular flexibility index (Phi) is 6.12. The average Bonchev–Trinajstić information content (AvgIpc) is 2.81. The number of hydrogen-bond donors (Lipinski definition) is 1. The van der Waals surface area contributed by atoms with Gasteiger partial charge in [-0.15, -0.1) is 0 Å². The number of hydrogen-bond acceptors (Lipinski definition) is 3. The van der Waals surface area contributed by atoms with Crippen LogP contribution < -0.4 is 15.9 Å². The predicted molar refractivity (Wildman–Crippen MR) is 120 cm³/mol. The molecule has 150 valence electrons. The van der Waals surface area contributed by atoms with Crippen LogP contribution in [0.1, 0.15) is 25.7 Å². The Hall–Kier alpha value is -2.03. The van der Waals surface area contributed by atoms with Crippen LogP contribution >= 0.6 is 7.49 Å². The van der Waals surface area contributed by atoms with Crippen LogP contribution in [-0.2, 0) is 9.26 Å². The number of aliphatic hydroxyl groups is 1. The molecule has 0 aromatic heterocycles. The Morgan fingerprint density at radius 2 is 1.10 bits per heavy atom. The van der Waals surface area contributed by atoms with Gasteiger partial charge in [-0.1, -0.05) is 54.6 Å². The van der Waals surface area contributed by atoms with Crippen LogP contribution in [0.5, 0.6) is 0 Å². The van der Waals surface area contributed by atoms with Crippen molar-refractivity contribution in [3.05, 3.63) is 91.0 Å². The topological polar surface area (TPSA) is 38.7 Å². The van der Waals surface area contributed by atoms with E-state index in [0.29, 0.717) is 25.7 Å². The van der Waals surface area contributed by atoms with Crippen LogP contribution in [0.15, 0.2) is 91.0 Å². The van der Waals surface area contributed by atoms with Crippen LogP contribution in [0.3, 0.4) is 0 Å². The SMILES string of the molecule is COC1(O[P+](c2ccccc2)(c2ccccc2)c2ccccc2)CCC(O)CC1. The third kappa shape index (κ3) is 4.01. The number of aliphatic hydroxyl groups excluding tert-OH is 1. The van der Waals surface area contributed by atoms with Gasteiger partial charge in [-0.25, -0.2) is 0 Å². The summed E-state index contributed by atoms with van der Waals surface area (Å²) in [5, 5.41) is 13.6. The number of rotatable bonds is 6. The zero-order chi connectivity index (χ0) is 20.2. The molecular weight excluding hydrogens is 379 g/mol. The summed E-state index contributed by atoms with van der Waals surface area (Å²) in [4.78, 5) is 0. The van der Waals surface area contributed by atoms with Gasteiger partial charge >= 0.3 is 0 Å². The maximum Gasteiger partial charge on any atom is 0.246 e. The van der Waals surface area contributed by atoms with Crippen LogP contribution in [0.2, 0.25) is 0 Å².